The maximum absolute atomic E-state index is 13.6. The van der Waals surface area contributed by atoms with E-state index in [9.17, 15) is 4.39 Å². The van der Waals surface area contributed by atoms with Crippen molar-refractivity contribution in [2.75, 3.05) is 19.7 Å². The zero-order valence-electron chi connectivity index (χ0n) is 18.4. The summed E-state index contributed by atoms with van der Waals surface area (Å²) in [6, 6.07) is 18.3. The van der Waals surface area contributed by atoms with Crippen molar-refractivity contribution in [3.05, 3.63) is 98.2 Å². The van der Waals surface area contributed by atoms with Gasteiger partial charge in [-0.1, -0.05) is 59.1 Å². The Hall–Kier alpha value is -1.82. The van der Waals surface area contributed by atoms with Crippen molar-refractivity contribution < 1.29 is 9.13 Å². The lowest BCUT2D eigenvalue weighted by Gasteiger charge is -2.45. The summed E-state index contributed by atoms with van der Waals surface area (Å²) < 4.78 is 19.2. The van der Waals surface area contributed by atoms with E-state index in [4.69, 9.17) is 39.5 Å². The maximum atomic E-state index is 13.6. The van der Waals surface area contributed by atoms with E-state index in [0.717, 1.165) is 42.9 Å². The van der Waals surface area contributed by atoms with Gasteiger partial charge in [-0.3, -0.25) is 9.80 Å². The summed E-state index contributed by atoms with van der Waals surface area (Å²) in [5.74, 6) is 0.517. The van der Waals surface area contributed by atoms with Crippen LogP contribution in [0.15, 0.2) is 60.7 Å². The first-order valence-electron chi connectivity index (χ1n) is 11.0. The van der Waals surface area contributed by atoms with Gasteiger partial charge in [0.05, 0.1) is 12.8 Å². The van der Waals surface area contributed by atoms with Crippen LogP contribution < -0.4 is 4.74 Å². The Bertz CT molecular complexity index is 1070. The highest BCUT2D eigenvalue weighted by Crippen LogP contribution is 2.40. The van der Waals surface area contributed by atoms with Gasteiger partial charge in [-0.2, -0.15) is 0 Å². The maximum Gasteiger partial charge on any atom is 0.124 e. The summed E-state index contributed by atoms with van der Waals surface area (Å²) in [6.45, 7) is 5.64. The number of ether oxygens (including phenoxy) is 1. The number of rotatable bonds is 7. The van der Waals surface area contributed by atoms with Crippen molar-refractivity contribution in [1.82, 2.24) is 9.80 Å². The van der Waals surface area contributed by atoms with Crippen molar-refractivity contribution >= 4 is 34.8 Å². The van der Waals surface area contributed by atoms with Gasteiger partial charge in [0.2, 0.25) is 0 Å². The van der Waals surface area contributed by atoms with Crippen LogP contribution in [-0.4, -0.2) is 29.5 Å². The first kappa shape index (κ1) is 24.3. The minimum absolute atomic E-state index is 0.146. The highest BCUT2D eigenvalue weighted by atomic mass is 35.5. The quantitative estimate of drug-likeness (QED) is 0.327. The van der Waals surface area contributed by atoms with Crippen LogP contribution >= 0.6 is 34.8 Å². The Morgan fingerprint density at radius 1 is 0.879 bits per heavy atom. The standard InChI is InChI=1S/C26H26Cl3FN2O/c1-2-33-21-11-7-18(8-12-21)16-31-13-4-14-32(17-19-9-10-20(30)15-24(19)29)26(31)25-22(27)5-3-6-23(25)28/h3,5-12,15,26H,2,4,13-14,16-17H2,1H3. The number of hydrogen-bond donors (Lipinski definition) is 0. The van der Waals surface area contributed by atoms with Crippen LogP contribution in [0.2, 0.25) is 15.1 Å². The van der Waals surface area contributed by atoms with Crippen molar-refractivity contribution in [3.8, 4) is 5.75 Å². The molecule has 0 radical (unpaired) electrons. The third kappa shape index (κ3) is 5.82. The van der Waals surface area contributed by atoms with E-state index >= 15 is 0 Å². The van der Waals surface area contributed by atoms with Gasteiger partial charge in [0.25, 0.3) is 0 Å². The molecule has 33 heavy (non-hydrogen) atoms. The molecule has 174 valence electrons. The molecule has 0 N–H and O–H groups in total. The predicted octanol–water partition coefficient (Wildman–Crippen LogP) is 7.59. The summed E-state index contributed by atoms with van der Waals surface area (Å²) >= 11 is 19.7. The average molecular weight is 508 g/mol. The van der Waals surface area contributed by atoms with E-state index in [1.165, 1.54) is 17.7 Å². The fraction of sp³-hybridized carbons (Fsp3) is 0.308. The molecular weight excluding hydrogens is 482 g/mol. The van der Waals surface area contributed by atoms with Gasteiger partial charge in [0, 0.05) is 46.8 Å². The molecule has 1 fully saturated rings. The van der Waals surface area contributed by atoms with E-state index in [0.29, 0.717) is 28.2 Å². The largest absolute Gasteiger partial charge is 0.494 e. The van der Waals surface area contributed by atoms with Gasteiger partial charge < -0.3 is 4.74 Å². The van der Waals surface area contributed by atoms with Crippen LogP contribution in [-0.2, 0) is 13.1 Å². The van der Waals surface area contributed by atoms with Crippen LogP contribution in [0.1, 0.15) is 36.2 Å². The van der Waals surface area contributed by atoms with E-state index in [-0.39, 0.29) is 12.0 Å². The Balaban J connectivity index is 1.67. The lowest BCUT2D eigenvalue weighted by Crippen LogP contribution is -2.47. The molecule has 0 spiro atoms. The van der Waals surface area contributed by atoms with Crippen LogP contribution in [0.25, 0.3) is 0 Å². The van der Waals surface area contributed by atoms with E-state index in [1.807, 2.05) is 37.3 Å². The topological polar surface area (TPSA) is 15.7 Å². The molecule has 1 aliphatic heterocycles. The third-order valence-electron chi connectivity index (χ3n) is 5.85. The number of hydrogen-bond acceptors (Lipinski definition) is 3. The highest BCUT2D eigenvalue weighted by molar-refractivity contribution is 6.36. The number of benzene rings is 3. The molecule has 0 aliphatic carbocycles. The summed E-state index contributed by atoms with van der Waals surface area (Å²) in [6.07, 6.45) is 0.835. The summed E-state index contributed by atoms with van der Waals surface area (Å²) in [5.41, 5.74) is 2.92. The number of nitrogens with zero attached hydrogens (tertiary/aromatic N) is 2. The van der Waals surface area contributed by atoms with Gasteiger partial charge in [-0.25, -0.2) is 4.39 Å². The molecule has 0 saturated carbocycles. The van der Waals surface area contributed by atoms with E-state index < -0.39 is 0 Å². The highest BCUT2D eigenvalue weighted by Gasteiger charge is 2.33. The minimum Gasteiger partial charge on any atom is -0.494 e. The van der Waals surface area contributed by atoms with Crippen LogP contribution in [0.5, 0.6) is 5.75 Å². The molecule has 1 aliphatic rings. The minimum atomic E-state index is -0.342. The molecule has 1 atom stereocenters. The Morgan fingerprint density at radius 3 is 2.18 bits per heavy atom. The van der Waals surface area contributed by atoms with Crippen LogP contribution in [0.3, 0.4) is 0 Å². The smallest absolute Gasteiger partial charge is 0.124 e. The summed E-state index contributed by atoms with van der Waals surface area (Å²) in [4.78, 5) is 4.69. The van der Waals surface area contributed by atoms with Crippen LogP contribution in [0, 0.1) is 5.82 Å². The van der Waals surface area contributed by atoms with Crippen molar-refractivity contribution in [1.29, 1.82) is 0 Å². The fourth-order valence-electron chi connectivity index (χ4n) is 4.37. The second-order valence-corrected chi connectivity index (χ2v) is 9.34. The van der Waals surface area contributed by atoms with Gasteiger partial charge in [0.15, 0.2) is 0 Å². The molecule has 1 heterocycles. The van der Waals surface area contributed by atoms with Crippen molar-refractivity contribution in [2.24, 2.45) is 0 Å². The first-order chi connectivity index (χ1) is 16.0. The van der Waals surface area contributed by atoms with Gasteiger partial charge in [-0.05, 0) is 60.9 Å². The fourth-order valence-corrected chi connectivity index (χ4v) is 5.19. The lowest BCUT2D eigenvalue weighted by molar-refractivity contribution is -0.00897. The Kier molecular flexibility index (Phi) is 8.15. The molecule has 1 saturated heterocycles. The SMILES string of the molecule is CCOc1ccc(CN2CCCN(Cc3ccc(F)cc3Cl)C2c2c(Cl)cccc2Cl)cc1. The molecule has 3 nitrogen and oxygen atoms in total. The second-order valence-electron chi connectivity index (χ2n) is 8.12. The molecule has 0 amide bonds. The normalized spacial score (nSPS) is 17.3. The van der Waals surface area contributed by atoms with Crippen molar-refractivity contribution in [3.63, 3.8) is 0 Å². The molecular formula is C26H26Cl3FN2O. The first-order valence-corrected chi connectivity index (χ1v) is 12.2. The Morgan fingerprint density at radius 2 is 1.55 bits per heavy atom. The molecule has 3 aromatic carbocycles. The van der Waals surface area contributed by atoms with E-state index in [2.05, 4.69) is 21.9 Å². The van der Waals surface area contributed by atoms with E-state index in [1.54, 1.807) is 6.07 Å². The predicted molar refractivity (Wildman–Crippen MR) is 134 cm³/mol. The Labute approximate surface area is 209 Å². The van der Waals surface area contributed by atoms with Gasteiger partial charge in [-0.15, -0.1) is 0 Å². The molecule has 4 rings (SSSR count). The van der Waals surface area contributed by atoms with Crippen molar-refractivity contribution in [2.45, 2.75) is 32.6 Å². The zero-order chi connectivity index (χ0) is 23.4. The monoisotopic (exact) mass is 506 g/mol. The summed E-state index contributed by atoms with van der Waals surface area (Å²) in [7, 11) is 0. The molecule has 0 aromatic heterocycles. The van der Waals surface area contributed by atoms with Gasteiger partial charge >= 0.3 is 0 Å². The van der Waals surface area contributed by atoms with Gasteiger partial charge in [0.1, 0.15) is 11.6 Å². The lowest BCUT2D eigenvalue weighted by atomic mass is 10.0. The average Bonchev–Trinajstić information content (AvgIpc) is 2.78. The molecule has 0 bridgehead atoms. The molecule has 7 heteroatoms. The van der Waals surface area contributed by atoms with Crippen LogP contribution in [0.4, 0.5) is 4.39 Å². The second kappa shape index (κ2) is 11.1. The molecule has 3 aromatic rings. The number of halogens is 4. The third-order valence-corrected chi connectivity index (χ3v) is 6.86. The molecule has 1 unspecified atom stereocenters. The summed E-state index contributed by atoms with van der Waals surface area (Å²) in [5, 5.41) is 1.67. The zero-order valence-corrected chi connectivity index (χ0v) is 20.7.